The molecule has 12 heavy (non-hydrogen) atoms. The van der Waals surface area contributed by atoms with Gasteiger partial charge in [-0.3, -0.25) is 0 Å². The van der Waals surface area contributed by atoms with Gasteiger partial charge in [0.1, 0.15) is 0 Å². The second-order valence-corrected chi connectivity index (χ2v) is 4.38. The molecule has 0 N–H and O–H groups in total. The second-order valence-electron chi connectivity index (χ2n) is 2.67. The van der Waals surface area contributed by atoms with Gasteiger partial charge < -0.3 is 0 Å². The van der Waals surface area contributed by atoms with Crippen LogP contribution in [0.15, 0.2) is 17.0 Å². The predicted octanol–water partition coefficient (Wildman–Crippen LogP) is 2.96. The lowest BCUT2D eigenvalue weighted by atomic mass is 10.2. The largest absolute Gasteiger partial charge is 0.204 e. The van der Waals surface area contributed by atoms with Crippen molar-refractivity contribution in [3.8, 4) is 0 Å². The van der Waals surface area contributed by atoms with E-state index in [0.717, 1.165) is 10.5 Å². The van der Waals surface area contributed by atoms with E-state index in [1.54, 1.807) is 6.92 Å². The molecule has 1 unspecified atom stereocenters. The van der Waals surface area contributed by atoms with Crippen molar-refractivity contribution >= 4 is 16.4 Å². The molecule has 0 saturated heterocycles. The van der Waals surface area contributed by atoms with Crippen LogP contribution in [0.2, 0.25) is 0 Å². The van der Waals surface area contributed by atoms with E-state index in [4.69, 9.17) is 0 Å². The first-order valence-corrected chi connectivity index (χ1v) is 5.24. The van der Waals surface area contributed by atoms with Crippen LogP contribution in [0, 0.1) is 18.6 Å². The molecule has 0 spiro atoms. The SMILES string of the molecule is C=S(C)c1cc(F)c(F)cc1C. The van der Waals surface area contributed by atoms with Gasteiger partial charge in [0, 0.05) is 4.90 Å². The van der Waals surface area contributed by atoms with E-state index in [1.807, 2.05) is 6.26 Å². The predicted molar refractivity (Wildman–Crippen MR) is 50.0 cm³/mol. The molecule has 0 heterocycles. The van der Waals surface area contributed by atoms with Crippen LogP contribution in [0.5, 0.6) is 0 Å². The average molecular weight is 188 g/mol. The zero-order valence-electron chi connectivity index (χ0n) is 7.03. The smallest absolute Gasteiger partial charge is 0.159 e. The summed E-state index contributed by atoms with van der Waals surface area (Å²) in [4.78, 5) is 0.786. The number of rotatable bonds is 1. The quantitative estimate of drug-likeness (QED) is 0.594. The van der Waals surface area contributed by atoms with Gasteiger partial charge in [-0.05, 0) is 30.9 Å². The Labute approximate surface area is 73.2 Å². The van der Waals surface area contributed by atoms with Crippen LogP contribution in [0.3, 0.4) is 0 Å². The molecule has 0 aliphatic rings. The topological polar surface area (TPSA) is 0 Å². The first kappa shape index (κ1) is 9.39. The maximum atomic E-state index is 12.7. The van der Waals surface area contributed by atoms with Crippen molar-refractivity contribution in [2.75, 3.05) is 6.26 Å². The summed E-state index contributed by atoms with van der Waals surface area (Å²) in [5.74, 6) is 2.20. The molecule has 1 aromatic carbocycles. The average Bonchev–Trinajstić information content (AvgIpc) is 1.96. The molecule has 0 amide bonds. The minimum absolute atomic E-state index is 0.266. The Balaban J connectivity index is 3.33. The van der Waals surface area contributed by atoms with Crippen LogP contribution in [0.4, 0.5) is 8.78 Å². The molecular weight excluding hydrogens is 178 g/mol. The lowest BCUT2D eigenvalue weighted by Crippen LogP contribution is -1.88. The molecule has 0 aromatic heterocycles. The highest BCUT2D eigenvalue weighted by atomic mass is 32.2. The summed E-state index contributed by atoms with van der Waals surface area (Å²) in [6, 6.07) is 2.43. The molecule has 0 bridgehead atoms. The molecule has 0 saturated carbocycles. The van der Waals surface area contributed by atoms with Crippen LogP contribution >= 0.6 is 10.5 Å². The summed E-state index contributed by atoms with van der Waals surface area (Å²) < 4.78 is 25.4. The number of aryl methyl sites for hydroxylation is 1. The van der Waals surface area contributed by atoms with Gasteiger partial charge in [-0.1, -0.05) is 5.87 Å². The maximum Gasteiger partial charge on any atom is 0.159 e. The van der Waals surface area contributed by atoms with Crippen LogP contribution in [-0.4, -0.2) is 12.1 Å². The maximum absolute atomic E-state index is 12.7. The van der Waals surface area contributed by atoms with Gasteiger partial charge in [0.15, 0.2) is 11.6 Å². The summed E-state index contributed by atoms with van der Waals surface area (Å²) in [6.07, 6.45) is 1.87. The Hall–Kier alpha value is -0.700. The third kappa shape index (κ3) is 1.72. The first-order chi connectivity index (χ1) is 5.52. The van der Waals surface area contributed by atoms with Crippen molar-refractivity contribution in [1.82, 2.24) is 0 Å². The van der Waals surface area contributed by atoms with Gasteiger partial charge in [-0.25, -0.2) is 8.78 Å². The van der Waals surface area contributed by atoms with Crippen molar-refractivity contribution < 1.29 is 8.78 Å². The lowest BCUT2D eigenvalue weighted by molar-refractivity contribution is 0.504. The van der Waals surface area contributed by atoms with E-state index in [9.17, 15) is 8.78 Å². The summed E-state index contributed by atoms with van der Waals surface area (Å²) >= 11 is 0. The number of hydrogen-bond acceptors (Lipinski definition) is 0. The van der Waals surface area contributed by atoms with Gasteiger partial charge in [0.25, 0.3) is 0 Å². The zero-order valence-corrected chi connectivity index (χ0v) is 7.84. The van der Waals surface area contributed by atoms with Crippen LogP contribution in [0.25, 0.3) is 0 Å². The van der Waals surface area contributed by atoms with Crippen molar-refractivity contribution in [2.24, 2.45) is 0 Å². The van der Waals surface area contributed by atoms with E-state index in [0.29, 0.717) is 0 Å². The minimum Gasteiger partial charge on any atom is -0.204 e. The van der Waals surface area contributed by atoms with Crippen molar-refractivity contribution in [1.29, 1.82) is 0 Å². The fraction of sp³-hybridized carbons (Fsp3) is 0.222. The molecule has 0 fully saturated rings. The molecular formula is C9H10F2S. The molecule has 1 aromatic rings. The Bertz CT molecular complexity index is 332. The summed E-state index contributed by atoms with van der Waals surface area (Å²) in [6.45, 7) is 1.76. The second kappa shape index (κ2) is 3.35. The molecule has 0 radical (unpaired) electrons. The summed E-state index contributed by atoms with van der Waals surface area (Å²) in [5, 5.41) is 0. The van der Waals surface area contributed by atoms with Crippen LogP contribution in [0.1, 0.15) is 5.56 Å². The highest BCUT2D eigenvalue weighted by Gasteiger charge is 2.06. The number of benzene rings is 1. The highest BCUT2D eigenvalue weighted by Crippen LogP contribution is 2.26. The van der Waals surface area contributed by atoms with E-state index in [2.05, 4.69) is 5.87 Å². The molecule has 3 heteroatoms. The van der Waals surface area contributed by atoms with E-state index in [-0.39, 0.29) is 10.5 Å². The zero-order chi connectivity index (χ0) is 9.30. The van der Waals surface area contributed by atoms with Crippen LogP contribution in [-0.2, 0) is 0 Å². The Kier molecular flexibility index (Phi) is 2.62. The van der Waals surface area contributed by atoms with Gasteiger partial charge >= 0.3 is 0 Å². The number of halogens is 2. The molecule has 0 nitrogen and oxygen atoms in total. The highest BCUT2D eigenvalue weighted by molar-refractivity contribution is 8.13. The Morgan fingerprint density at radius 3 is 2.25 bits per heavy atom. The first-order valence-electron chi connectivity index (χ1n) is 3.43. The fourth-order valence-electron chi connectivity index (χ4n) is 1.00. The molecule has 0 aliphatic carbocycles. The standard InChI is InChI=1S/C9H10F2S/c1-6-4-7(10)8(11)5-9(6)12(2)3/h4-5H,2H2,1,3H3. The normalized spacial score (nSPS) is 13.0. The van der Waals surface area contributed by atoms with E-state index in [1.165, 1.54) is 12.1 Å². The lowest BCUT2D eigenvalue weighted by Gasteiger charge is -2.05. The summed E-state index contributed by atoms with van der Waals surface area (Å²) in [5.41, 5.74) is 0.759. The van der Waals surface area contributed by atoms with Crippen molar-refractivity contribution in [2.45, 2.75) is 11.8 Å². The van der Waals surface area contributed by atoms with Gasteiger partial charge in [-0.15, -0.1) is 0 Å². The van der Waals surface area contributed by atoms with Gasteiger partial charge in [0.2, 0.25) is 0 Å². The third-order valence-electron chi connectivity index (χ3n) is 1.59. The van der Waals surface area contributed by atoms with Crippen LogP contribution < -0.4 is 0 Å². The fourth-order valence-corrected chi connectivity index (χ4v) is 1.92. The number of hydrogen-bond donors (Lipinski definition) is 0. The van der Waals surface area contributed by atoms with E-state index < -0.39 is 11.6 Å². The third-order valence-corrected chi connectivity index (χ3v) is 2.78. The molecule has 1 atom stereocenters. The van der Waals surface area contributed by atoms with Gasteiger partial charge in [0.05, 0.1) is 0 Å². The van der Waals surface area contributed by atoms with Crippen molar-refractivity contribution in [3.05, 3.63) is 29.3 Å². The Morgan fingerprint density at radius 2 is 1.75 bits per heavy atom. The molecule has 1 rings (SSSR count). The van der Waals surface area contributed by atoms with Crippen molar-refractivity contribution in [3.63, 3.8) is 0 Å². The molecule has 66 valence electrons. The summed E-state index contributed by atoms with van der Waals surface area (Å²) in [7, 11) is -0.266. The minimum atomic E-state index is -0.793. The Morgan fingerprint density at radius 1 is 1.25 bits per heavy atom. The monoisotopic (exact) mass is 188 g/mol. The van der Waals surface area contributed by atoms with Gasteiger partial charge in [-0.2, -0.15) is 10.5 Å². The van der Waals surface area contributed by atoms with E-state index >= 15 is 0 Å². The molecule has 0 aliphatic heterocycles.